The zero-order valence-corrected chi connectivity index (χ0v) is 15.1. The number of aromatic carboxylic acids is 1. The molecule has 0 fully saturated rings. The molecule has 3 nitrogen and oxygen atoms in total. The van der Waals surface area contributed by atoms with Crippen LogP contribution in [0.2, 0.25) is 15.1 Å². The Hall–Kier alpha value is -2.09. The van der Waals surface area contributed by atoms with Crippen molar-refractivity contribution in [3.63, 3.8) is 0 Å². The summed E-state index contributed by atoms with van der Waals surface area (Å²) in [6.07, 6.45) is -4.71. The number of hydrogen-bond acceptors (Lipinski definition) is 2. The molecule has 1 N–H and O–H groups in total. The van der Waals surface area contributed by atoms with Crippen molar-refractivity contribution in [2.24, 2.45) is 0 Å². The molecule has 0 aliphatic carbocycles. The van der Waals surface area contributed by atoms with Crippen molar-refractivity contribution in [1.29, 1.82) is 0 Å². The lowest BCUT2D eigenvalue weighted by Gasteiger charge is -2.13. The third-order valence-electron chi connectivity index (χ3n) is 3.36. The Kier molecular flexibility index (Phi) is 6.19. The highest BCUT2D eigenvalue weighted by molar-refractivity contribution is 6.35. The van der Waals surface area contributed by atoms with E-state index in [1.165, 1.54) is 0 Å². The van der Waals surface area contributed by atoms with Gasteiger partial charge in [0.2, 0.25) is 0 Å². The topological polar surface area (TPSA) is 54.4 Å². The van der Waals surface area contributed by atoms with Crippen LogP contribution in [0.5, 0.6) is 0 Å². The number of allylic oxidation sites excluding steroid dienone is 2. The molecule has 2 aromatic rings. The fourth-order valence-electron chi connectivity index (χ4n) is 2.10. The molecule has 0 heterocycles. The Morgan fingerprint density at radius 1 is 0.926 bits per heavy atom. The molecular weight excluding hydrogens is 435 g/mol. The number of ketones is 1. The fraction of sp³-hybridized carbons (Fsp3) is 0.0588. The monoisotopic (exact) mass is 440 g/mol. The molecule has 2 aromatic carbocycles. The van der Waals surface area contributed by atoms with Crippen molar-refractivity contribution < 1.29 is 32.3 Å². The molecule has 0 atom stereocenters. The quantitative estimate of drug-likeness (QED) is 0.262. The van der Waals surface area contributed by atoms with Gasteiger partial charge in [-0.15, -0.1) is 0 Å². The molecule has 10 heteroatoms. The molecule has 0 aliphatic rings. The first kappa shape index (κ1) is 21.2. The van der Waals surface area contributed by atoms with E-state index in [0.717, 1.165) is 18.2 Å². The van der Waals surface area contributed by atoms with E-state index in [4.69, 9.17) is 39.9 Å². The number of hydrogen-bond donors (Lipinski definition) is 1. The Balaban J connectivity index is 2.55. The van der Waals surface area contributed by atoms with Gasteiger partial charge in [0.05, 0.1) is 26.2 Å². The molecule has 0 unspecified atom stereocenters. The summed E-state index contributed by atoms with van der Waals surface area (Å²) in [6.45, 7) is 0. The van der Waals surface area contributed by atoms with Gasteiger partial charge in [0.25, 0.3) is 0 Å². The predicted octanol–water partition coefficient (Wildman–Crippen LogP) is 6.31. The number of carbonyl (C=O) groups is 2. The second-order valence-corrected chi connectivity index (χ2v) is 6.40. The summed E-state index contributed by atoms with van der Waals surface area (Å²) < 4.78 is 53.6. The Morgan fingerprint density at radius 3 is 1.89 bits per heavy atom. The van der Waals surface area contributed by atoms with E-state index in [0.29, 0.717) is 12.1 Å². The van der Waals surface area contributed by atoms with Crippen LogP contribution >= 0.6 is 34.8 Å². The SMILES string of the molecule is O=C(C=C(c1cc(Cl)c(F)c(Cl)c1)C(F)(F)F)c1ccc(C(=O)O)c(Cl)c1. The van der Waals surface area contributed by atoms with E-state index < -0.39 is 44.9 Å². The van der Waals surface area contributed by atoms with E-state index in [2.05, 4.69) is 0 Å². The van der Waals surface area contributed by atoms with Gasteiger partial charge in [-0.3, -0.25) is 4.79 Å². The molecular formula is C17H7Cl3F4O3. The first-order valence-corrected chi connectivity index (χ1v) is 8.06. The van der Waals surface area contributed by atoms with Crippen LogP contribution in [0.25, 0.3) is 5.57 Å². The maximum absolute atomic E-state index is 13.5. The number of carboxylic acids is 1. The van der Waals surface area contributed by atoms with E-state index in [1.54, 1.807) is 0 Å². The van der Waals surface area contributed by atoms with Crippen LogP contribution in [0.4, 0.5) is 17.6 Å². The summed E-state index contributed by atoms with van der Waals surface area (Å²) in [7, 11) is 0. The van der Waals surface area contributed by atoms with Gasteiger partial charge >= 0.3 is 12.1 Å². The largest absolute Gasteiger partial charge is 0.478 e. The predicted molar refractivity (Wildman–Crippen MR) is 93.2 cm³/mol. The molecule has 27 heavy (non-hydrogen) atoms. The highest BCUT2D eigenvalue weighted by Crippen LogP contribution is 2.37. The molecule has 0 spiro atoms. The number of carbonyl (C=O) groups excluding carboxylic acids is 1. The fourth-order valence-corrected chi connectivity index (χ4v) is 2.84. The Bertz CT molecular complexity index is 945. The summed E-state index contributed by atoms with van der Waals surface area (Å²) in [5, 5.41) is 7.28. The lowest BCUT2D eigenvalue weighted by molar-refractivity contribution is -0.0689. The maximum Gasteiger partial charge on any atom is 0.417 e. The van der Waals surface area contributed by atoms with E-state index in [9.17, 15) is 27.2 Å². The number of rotatable bonds is 4. The highest BCUT2D eigenvalue weighted by Gasteiger charge is 2.36. The van der Waals surface area contributed by atoms with Crippen LogP contribution in [0.1, 0.15) is 26.3 Å². The van der Waals surface area contributed by atoms with Crippen LogP contribution in [0, 0.1) is 5.82 Å². The number of carboxylic acid groups (broad SMARTS) is 1. The molecule has 0 radical (unpaired) electrons. The van der Waals surface area contributed by atoms with Crippen molar-refractivity contribution in [3.05, 3.63) is 74.0 Å². The van der Waals surface area contributed by atoms with Gasteiger partial charge in [-0.25, -0.2) is 9.18 Å². The molecule has 0 saturated carbocycles. The summed E-state index contributed by atoms with van der Waals surface area (Å²) in [5.74, 6) is -3.55. The number of halogens is 7. The molecule has 2 rings (SSSR count). The van der Waals surface area contributed by atoms with Gasteiger partial charge < -0.3 is 5.11 Å². The van der Waals surface area contributed by atoms with Gasteiger partial charge in [0.15, 0.2) is 11.6 Å². The van der Waals surface area contributed by atoms with Gasteiger partial charge in [-0.05, 0) is 35.9 Å². The molecule has 0 saturated heterocycles. The Labute approximate surface area is 164 Å². The van der Waals surface area contributed by atoms with E-state index in [-0.39, 0.29) is 22.2 Å². The van der Waals surface area contributed by atoms with E-state index in [1.807, 2.05) is 0 Å². The van der Waals surface area contributed by atoms with Crippen molar-refractivity contribution in [2.45, 2.75) is 6.18 Å². The second kappa shape index (κ2) is 7.88. The first-order chi connectivity index (χ1) is 12.4. The molecule has 142 valence electrons. The number of alkyl halides is 3. The minimum absolute atomic E-state index is 0.270. The minimum Gasteiger partial charge on any atom is -0.478 e. The second-order valence-electron chi connectivity index (χ2n) is 5.17. The minimum atomic E-state index is -4.98. The standard InChI is InChI=1S/C17H7Cl3F4O3/c18-11-3-7(1-2-9(11)16(26)27)14(25)6-10(17(22,23)24)8-4-12(19)15(21)13(20)5-8/h1-6H,(H,26,27). The van der Waals surface area contributed by atoms with Crippen LogP contribution < -0.4 is 0 Å². The summed E-state index contributed by atoms with van der Waals surface area (Å²) in [4.78, 5) is 23.1. The van der Waals surface area contributed by atoms with Crippen molar-refractivity contribution in [2.75, 3.05) is 0 Å². The molecule has 0 bridgehead atoms. The van der Waals surface area contributed by atoms with Crippen LogP contribution in [0.3, 0.4) is 0 Å². The van der Waals surface area contributed by atoms with Crippen molar-refractivity contribution >= 4 is 52.1 Å². The lowest BCUT2D eigenvalue weighted by Crippen LogP contribution is -2.13. The zero-order valence-electron chi connectivity index (χ0n) is 12.9. The van der Waals surface area contributed by atoms with Crippen LogP contribution in [0.15, 0.2) is 36.4 Å². The van der Waals surface area contributed by atoms with Gasteiger partial charge in [-0.1, -0.05) is 40.9 Å². The average molecular weight is 442 g/mol. The summed E-state index contributed by atoms with van der Waals surface area (Å²) >= 11 is 16.8. The smallest absolute Gasteiger partial charge is 0.417 e. The average Bonchev–Trinajstić information content (AvgIpc) is 2.55. The number of benzene rings is 2. The summed E-state index contributed by atoms with van der Waals surface area (Å²) in [6, 6.07) is 4.33. The molecule has 0 aromatic heterocycles. The third-order valence-corrected chi connectivity index (χ3v) is 4.22. The van der Waals surface area contributed by atoms with Crippen molar-refractivity contribution in [1.82, 2.24) is 0 Å². The van der Waals surface area contributed by atoms with Crippen LogP contribution in [-0.4, -0.2) is 23.0 Å². The lowest BCUT2D eigenvalue weighted by atomic mass is 10.0. The third kappa shape index (κ3) is 4.80. The van der Waals surface area contributed by atoms with Crippen molar-refractivity contribution in [3.8, 4) is 0 Å². The molecule has 0 amide bonds. The van der Waals surface area contributed by atoms with Gasteiger partial charge in [0.1, 0.15) is 0 Å². The molecule has 0 aliphatic heterocycles. The first-order valence-electron chi connectivity index (χ1n) is 6.92. The van der Waals surface area contributed by atoms with Gasteiger partial charge in [0, 0.05) is 5.56 Å². The van der Waals surface area contributed by atoms with E-state index >= 15 is 0 Å². The normalized spacial score (nSPS) is 12.2. The summed E-state index contributed by atoms with van der Waals surface area (Å²) in [5.41, 5.74) is -2.60. The Morgan fingerprint density at radius 2 is 1.44 bits per heavy atom. The van der Waals surface area contributed by atoms with Crippen LogP contribution in [-0.2, 0) is 0 Å². The highest BCUT2D eigenvalue weighted by atomic mass is 35.5. The zero-order chi connectivity index (χ0) is 20.5. The van der Waals surface area contributed by atoms with Gasteiger partial charge in [-0.2, -0.15) is 13.2 Å². The maximum atomic E-state index is 13.5.